The SMILES string of the molecule is c1ccc(N(c2ccc3ccccc3c2)c2ccc3oc4cc(-c5ccc6c7ccccc7n(-c7ccccc7)c6c5)c5ccccc5c4c3c2)cc1. The first kappa shape index (κ1) is 29.6. The van der Waals surface area contributed by atoms with E-state index >= 15 is 0 Å². The van der Waals surface area contributed by atoms with E-state index in [4.69, 9.17) is 4.42 Å². The van der Waals surface area contributed by atoms with Gasteiger partial charge in [0.25, 0.3) is 0 Å². The second-order valence-corrected chi connectivity index (χ2v) is 13.7. The molecular formula is C50H32N2O. The van der Waals surface area contributed by atoms with Crippen LogP contribution in [0.15, 0.2) is 199 Å². The Kier molecular flexibility index (Phi) is 6.55. The highest BCUT2D eigenvalue weighted by atomic mass is 16.3. The van der Waals surface area contributed by atoms with Crippen molar-refractivity contribution in [2.24, 2.45) is 0 Å². The molecule has 0 aliphatic rings. The summed E-state index contributed by atoms with van der Waals surface area (Å²) in [5.74, 6) is 0. The van der Waals surface area contributed by atoms with Crippen molar-refractivity contribution >= 4 is 82.4 Å². The molecule has 0 saturated carbocycles. The van der Waals surface area contributed by atoms with Crippen molar-refractivity contribution in [1.82, 2.24) is 4.57 Å². The number of rotatable bonds is 5. The molecule has 2 aromatic heterocycles. The van der Waals surface area contributed by atoms with E-state index in [0.717, 1.165) is 55.8 Å². The molecule has 0 N–H and O–H groups in total. The number of aromatic nitrogens is 1. The topological polar surface area (TPSA) is 21.3 Å². The van der Waals surface area contributed by atoms with Gasteiger partial charge in [0.1, 0.15) is 11.2 Å². The average molecular weight is 677 g/mol. The molecule has 53 heavy (non-hydrogen) atoms. The predicted molar refractivity (Wildman–Crippen MR) is 223 cm³/mol. The maximum Gasteiger partial charge on any atom is 0.136 e. The molecule has 11 aromatic rings. The first-order chi connectivity index (χ1) is 26.3. The van der Waals surface area contributed by atoms with Crippen LogP contribution >= 0.6 is 0 Å². The van der Waals surface area contributed by atoms with Crippen LogP contribution in [-0.2, 0) is 0 Å². The summed E-state index contributed by atoms with van der Waals surface area (Å²) in [6.07, 6.45) is 0. The first-order valence-corrected chi connectivity index (χ1v) is 18.1. The van der Waals surface area contributed by atoms with Crippen LogP contribution in [0.4, 0.5) is 17.1 Å². The lowest BCUT2D eigenvalue weighted by Crippen LogP contribution is -2.09. The summed E-state index contributed by atoms with van der Waals surface area (Å²) in [5, 5.41) is 9.53. The van der Waals surface area contributed by atoms with E-state index in [1.807, 2.05) is 0 Å². The summed E-state index contributed by atoms with van der Waals surface area (Å²) in [6, 6.07) is 69.6. The highest BCUT2D eigenvalue weighted by molar-refractivity contribution is 6.23. The van der Waals surface area contributed by atoms with Gasteiger partial charge in [0.2, 0.25) is 0 Å². The molecular weight excluding hydrogens is 645 g/mol. The Labute approximate surface area is 306 Å². The highest BCUT2D eigenvalue weighted by Gasteiger charge is 2.20. The Balaban J connectivity index is 1.12. The third-order valence-electron chi connectivity index (χ3n) is 10.7. The van der Waals surface area contributed by atoms with E-state index in [1.54, 1.807) is 0 Å². The lowest BCUT2D eigenvalue weighted by atomic mass is 9.94. The minimum absolute atomic E-state index is 0.872. The second-order valence-electron chi connectivity index (χ2n) is 13.7. The summed E-state index contributed by atoms with van der Waals surface area (Å²) in [5.41, 5.74) is 10.9. The van der Waals surface area contributed by atoms with Gasteiger partial charge in [-0.2, -0.15) is 0 Å². The molecule has 3 heteroatoms. The smallest absolute Gasteiger partial charge is 0.136 e. The van der Waals surface area contributed by atoms with Gasteiger partial charge in [-0.3, -0.25) is 0 Å². The third-order valence-corrected chi connectivity index (χ3v) is 10.7. The molecule has 0 aliphatic carbocycles. The minimum Gasteiger partial charge on any atom is -0.456 e. The molecule has 0 bridgehead atoms. The molecule has 9 aromatic carbocycles. The van der Waals surface area contributed by atoms with Crippen molar-refractivity contribution in [3.8, 4) is 16.8 Å². The quantitative estimate of drug-likeness (QED) is 0.181. The van der Waals surface area contributed by atoms with Crippen molar-refractivity contribution < 1.29 is 4.42 Å². The van der Waals surface area contributed by atoms with Gasteiger partial charge in [-0.1, -0.05) is 121 Å². The van der Waals surface area contributed by atoms with Crippen molar-refractivity contribution in [2.45, 2.75) is 0 Å². The first-order valence-electron chi connectivity index (χ1n) is 18.1. The van der Waals surface area contributed by atoms with Crippen LogP contribution < -0.4 is 4.90 Å². The number of benzene rings is 9. The molecule has 0 radical (unpaired) electrons. The van der Waals surface area contributed by atoms with E-state index < -0.39 is 0 Å². The van der Waals surface area contributed by atoms with Gasteiger partial charge >= 0.3 is 0 Å². The molecule has 0 saturated heterocycles. The molecule has 248 valence electrons. The van der Waals surface area contributed by atoms with Gasteiger partial charge in [0.05, 0.1) is 11.0 Å². The van der Waals surface area contributed by atoms with Gasteiger partial charge in [-0.15, -0.1) is 0 Å². The van der Waals surface area contributed by atoms with Gasteiger partial charge in [-0.25, -0.2) is 0 Å². The van der Waals surface area contributed by atoms with Crippen molar-refractivity contribution in [2.75, 3.05) is 4.90 Å². The van der Waals surface area contributed by atoms with Crippen LogP contribution in [0.5, 0.6) is 0 Å². The zero-order valence-corrected chi connectivity index (χ0v) is 28.8. The van der Waals surface area contributed by atoms with Crippen molar-refractivity contribution in [3.05, 3.63) is 194 Å². The number of hydrogen-bond acceptors (Lipinski definition) is 2. The largest absolute Gasteiger partial charge is 0.456 e. The maximum absolute atomic E-state index is 6.73. The van der Waals surface area contributed by atoms with E-state index in [0.29, 0.717) is 0 Å². The summed E-state index contributed by atoms with van der Waals surface area (Å²) in [7, 11) is 0. The Morgan fingerprint density at radius 2 is 1.04 bits per heavy atom. The molecule has 2 heterocycles. The highest BCUT2D eigenvalue weighted by Crippen LogP contribution is 2.44. The molecule has 0 atom stereocenters. The number of nitrogens with zero attached hydrogens (tertiary/aromatic N) is 2. The fourth-order valence-electron chi connectivity index (χ4n) is 8.34. The predicted octanol–water partition coefficient (Wildman–Crippen LogP) is 14.1. The summed E-state index contributed by atoms with van der Waals surface area (Å²) >= 11 is 0. The molecule has 0 aliphatic heterocycles. The third kappa shape index (κ3) is 4.68. The van der Waals surface area contributed by atoms with Gasteiger partial charge in [0, 0.05) is 44.3 Å². The number of furan rings is 1. The molecule has 11 rings (SSSR count). The lowest BCUT2D eigenvalue weighted by molar-refractivity contribution is 0.669. The van der Waals surface area contributed by atoms with Crippen LogP contribution in [0, 0.1) is 0 Å². The van der Waals surface area contributed by atoms with Crippen LogP contribution in [-0.4, -0.2) is 4.57 Å². The van der Waals surface area contributed by atoms with Crippen molar-refractivity contribution in [1.29, 1.82) is 0 Å². The second kappa shape index (κ2) is 11.7. The van der Waals surface area contributed by atoms with Gasteiger partial charge in [-0.05, 0) is 105 Å². The number of para-hydroxylation sites is 3. The van der Waals surface area contributed by atoms with E-state index in [1.165, 1.54) is 43.4 Å². The molecule has 0 amide bonds. The zero-order chi connectivity index (χ0) is 34.9. The van der Waals surface area contributed by atoms with Crippen LogP contribution in [0.3, 0.4) is 0 Å². The molecule has 3 nitrogen and oxygen atoms in total. The number of anilines is 3. The maximum atomic E-state index is 6.73. The molecule has 0 fully saturated rings. The lowest BCUT2D eigenvalue weighted by Gasteiger charge is -2.26. The standard InChI is InChI=1S/C50H32N2O/c1-3-15-36(16-4-1)51(38-25-23-33-13-7-8-14-34(33)29-38)39-26-28-48-45(31-39)50-43-21-10-9-19-40(43)44(32-49(50)53-48)35-24-27-42-41-20-11-12-22-46(41)52(47(42)30-35)37-17-5-2-6-18-37/h1-32H. The Morgan fingerprint density at radius 1 is 0.377 bits per heavy atom. The van der Waals surface area contributed by atoms with E-state index in [-0.39, 0.29) is 0 Å². The summed E-state index contributed by atoms with van der Waals surface area (Å²) in [6.45, 7) is 0. The fourth-order valence-corrected chi connectivity index (χ4v) is 8.34. The van der Waals surface area contributed by atoms with E-state index in [9.17, 15) is 0 Å². The van der Waals surface area contributed by atoms with Gasteiger partial charge in [0.15, 0.2) is 0 Å². The zero-order valence-electron chi connectivity index (χ0n) is 28.8. The monoisotopic (exact) mass is 676 g/mol. The van der Waals surface area contributed by atoms with Gasteiger partial charge < -0.3 is 13.9 Å². The number of hydrogen-bond donors (Lipinski definition) is 0. The molecule has 0 unspecified atom stereocenters. The van der Waals surface area contributed by atoms with E-state index in [2.05, 4.69) is 204 Å². The van der Waals surface area contributed by atoms with Crippen LogP contribution in [0.2, 0.25) is 0 Å². The van der Waals surface area contributed by atoms with Crippen LogP contribution in [0.25, 0.3) is 82.1 Å². The Hall–Kier alpha value is -7.10. The average Bonchev–Trinajstić information content (AvgIpc) is 3.76. The van der Waals surface area contributed by atoms with Crippen LogP contribution in [0.1, 0.15) is 0 Å². The normalized spacial score (nSPS) is 11.8. The molecule has 0 spiro atoms. The summed E-state index contributed by atoms with van der Waals surface area (Å²) in [4.78, 5) is 2.34. The van der Waals surface area contributed by atoms with Crippen molar-refractivity contribution in [3.63, 3.8) is 0 Å². The Bertz CT molecular complexity index is 3170. The summed E-state index contributed by atoms with van der Waals surface area (Å²) < 4.78 is 9.11. The fraction of sp³-hybridized carbons (Fsp3) is 0. The number of fused-ring (bicyclic) bond motifs is 9. The Morgan fingerprint density at radius 3 is 1.89 bits per heavy atom. The minimum atomic E-state index is 0.872.